The first-order valence-electron chi connectivity index (χ1n) is 9.03. The molecule has 3 rings (SSSR count). The molecule has 0 saturated carbocycles. The molecule has 1 aliphatic rings. The Balaban J connectivity index is 1.72. The number of rotatable bonds is 6. The van der Waals surface area contributed by atoms with Gasteiger partial charge in [-0.05, 0) is 36.4 Å². The number of ether oxygens (including phenoxy) is 2. The molecule has 2 amide bonds. The molecule has 7 nitrogen and oxygen atoms in total. The minimum Gasteiger partial charge on any atom is -0.497 e. The normalized spacial score (nSPS) is 16.1. The second-order valence-electron chi connectivity index (χ2n) is 6.87. The number of nitrogens with one attached hydrogen (secondary N) is 1. The lowest BCUT2D eigenvalue weighted by atomic mass is 10.1. The third kappa shape index (κ3) is 4.03. The predicted octanol–water partition coefficient (Wildman–Crippen LogP) is 2.76. The lowest BCUT2D eigenvalue weighted by molar-refractivity contribution is -0.122. The van der Waals surface area contributed by atoms with Crippen LogP contribution in [-0.2, 0) is 9.59 Å². The van der Waals surface area contributed by atoms with Crippen LogP contribution in [0.3, 0.4) is 0 Å². The Morgan fingerprint density at radius 1 is 1.11 bits per heavy atom. The molecule has 1 saturated heterocycles. The zero-order valence-electron chi connectivity index (χ0n) is 16.6. The van der Waals surface area contributed by atoms with Crippen LogP contribution in [0.25, 0.3) is 0 Å². The second-order valence-corrected chi connectivity index (χ2v) is 6.87. The van der Waals surface area contributed by atoms with E-state index in [2.05, 4.69) is 5.32 Å². The third-order valence-corrected chi connectivity index (χ3v) is 4.82. The lowest BCUT2D eigenvalue weighted by Gasteiger charge is -2.20. The number of nitrogens with zero attached hydrogens (tertiary/aromatic N) is 2. The summed E-state index contributed by atoms with van der Waals surface area (Å²) in [6.07, 6.45) is 0.155. The van der Waals surface area contributed by atoms with E-state index in [0.717, 1.165) is 5.69 Å². The van der Waals surface area contributed by atoms with Gasteiger partial charge in [0.25, 0.3) is 0 Å². The number of hydrogen-bond donors (Lipinski definition) is 1. The number of carbonyl (C=O) groups is 2. The number of anilines is 3. The van der Waals surface area contributed by atoms with Gasteiger partial charge in [0.2, 0.25) is 11.8 Å². The molecule has 1 atom stereocenters. The topological polar surface area (TPSA) is 71.1 Å². The summed E-state index contributed by atoms with van der Waals surface area (Å²) in [6, 6.07) is 12.8. The summed E-state index contributed by atoms with van der Waals surface area (Å²) in [6.45, 7) is 0.296. The van der Waals surface area contributed by atoms with E-state index in [4.69, 9.17) is 9.47 Å². The average Bonchev–Trinajstić information content (AvgIpc) is 3.09. The van der Waals surface area contributed by atoms with E-state index in [0.29, 0.717) is 29.4 Å². The van der Waals surface area contributed by atoms with Crippen LogP contribution in [0, 0.1) is 5.92 Å². The molecule has 0 bridgehead atoms. The van der Waals surface area contributed by atoms with Crippen molar-refractivity contribution in [3.05, 3.63) is 42.5 Å². The fraction of sp³-hybridized carbons (Fsp3) is 0.333. The van der Waals surface area contributed by atoms with Crippen molar-refractivity contribution in [2.75, 3.05) is 50.0 Å². The summed E-state index contributed by atoms with van der Waals surface area (Å²) in [7, 11) is 7.03. The van der Waals surface area contributed by atoms with Gasteiger partial charge in [0.05, 0.1) is 25.8 Å². The zero-order chi connectivity index (χ0) is 20.3. The average molecular weight is 383 g/mol. The van der Waals surface area contributed by atoms with Crippen molar-refractivity contribution >= 4 is 28.9 Å². The van der Waals surface area contributed by atoms with Crippen LogP contribution in [0.5, 0.6) is 11.5 Å². The van der Waals surface area contributed by atoms with Crippen LogP contribution < -0.4 is 24.6 Å². The Bertz CT molecular complexity index is 864. The molecule has 1 heterocycles. The van der Waals surface area contributed by atoms with Crippen LogP contribution in [0.2, 0.25) is 0 Å². The van der Waals surface area contributed by atoms with E-state index in [-0.39, 0.29) is 18.2 Å². The van der Waals surface area contributed by atoms with Crippen molar-refractivity contribution in [2.24, 2.45) is 5.92 Å². The van der Waals surface area contributed by atoms with Crippen LogP contribution in [0.1, 0.15) is 6.42 Å². The monoisotopic (exact) mass is 383 g/mol. The first kappa shape index (κ1) is 19.5. The summed E-state index contributed by atoms with van der Waals surface area (Å²) in [5.74, 6) is 0.467. The minimum absolute atomic E-state index is 0.116. The molecule has 1 fully saturated rings. The highest BCUT2D eigenvalue weighted by Gasteiger charge is 2.36. The van der Waals surface area contributed by atoms with Crippen molar-refractivity contribution in [3.63, 3.8) is 0 Å². The van der Waals surface area contributed by atoms with Gasteiger partial charge in [-0.2, -0.15) is 0 Å². The maximum atomic E-state index is 12.7. The minimum atomic E-state index is -0.433. The van der Waals surface area contributed by atoms with Gasteiger partial charge in [-0.25, -0.2) is 0 Å². The van der Waals surface area contributed by atoms with Crippen molar-refractivity contribution < 1.29 is 19.1 Å². The van der Waals surface area contributed by atoms with Crippen LogP contribution in [0.4, 0.5) is 17.1 Å². The standard InChI is InChI=1S/C21H25N3O4/c1-23(2)16-7-5-15(6-8-16)22-21(26)14-11-20(25)24(13-14)18-12-17(27-3)9-10-19(18)28-4/h5-10,12,14H,11,13H2,1-4H3,(H,22,26)/t14-/m1/s1. The molecule has 0 aromatic heterocycles. The largest absolute Gasteiger partial charge is 0.497 e. The van der Waals surface area contributed by atoms with Crippen molar-refractivity contribution in [2.45, 2.75) is 6.42 Å². The van der Waals surface area contributed by atoms with Gasteiger partial charge in [-0.15, -0.1) is 0 Å². The van der Waals surface area contributed by atoms with Crippen LogP contribution in [-0.4, -0.2) is 46.7 Å². The fourth-order valence-corrected chi connectivity index (χ4v) is 3.21. The van der Waals surface area contributed by atoms with Crippen LogP contribution in [0.15, 0.2) is 42.5 Å². The van der Waals surface area contributed by atoms with E-state index in [1.165, 1.54) is 0 Å². The predicted molar refractivity (Wildman–Crippen MR) is 109 cm³/mol. The smallest absolute Gasteiger partial charge is 0.229 e. The number of hydrogen-bond acceptors (Lipinski definition) is 5. The Hall–Kier alpha value is -3.22. The summed E-state index contributed by atoms with van der Waals surface area (Å²) in [5.41, 5.74) is 2.36. The van der Waals surface area contributed by atoms with Gasteiger partial charge >= 0.3 is 0 Å². The van der Waals surface area contributed by atoms with Gasteiger partial charge in [-0.3, -0.25) is 9.59 Å². The maximum absolute atomic E-state index is 12.7. The number of methoxy groups -OCH3 is 2. The van der Waals surface area contributed by atoms with Crippen molar-refractivity contribution in [1.29, 1.82) is 0 Å². The zero-order valence-corrected chi connectivity index (χ0v) is 16.6. The molecule has 28 heavy (non-hydrogen) atoms. The number of carbonyl (C=O) groups excluding carboxylic acids is 2. The van der Waals surface area contributed by atoms with Crippen molar-refractivity contribution in [3.8, 4) is 11.5 Å². The molecule has 0 aliphatic carbocycles. The Morgan fingerprint density at radius 3 is 2.43 bits per heavy atom. The van der Waals surface area contributed by atoms with Gasteiger partial charge in [0.15, 0.2) is 0 Å². The van der Waals surface area contributed by atoms with Gasteiger partial charge in [-0.1, -0.05) is 0 Å². The molecule has 7 heteroatoms. The summed E-state index contributed by atoms with van der Waals surface area (Å²) < 4.78 is 10.6. The van der Waals surface area contributed by atoms with Gasteiger partial charge in [0.1, 0.15) is 11.5 Å². The lowest BCUT2D eigenvalue weighted by Crippen LogP contribution is -2.28. The molecule has 2 aromatic rings. The highest BCUT2D eigenvalue weighted by molar-refractivity contribution is 6.04. The Morgan fingerprint density at radius 2 is 1.82 bits per heavy atom. The highest BCUT2D eigenvalue weighted by atomic mass is 16.5. The van der Waals surface area contributed by atoms with Gasteiger partial charge < -0.3 is 24.6 Å². The second kappa shape index (κ2) is 8.21. The fourth-order valence-electron chi connectivity index (χ4n) is 3.21. The molecule has 2 aromatic carbocycles. The number of amides is 2. The first-order chi connectivity index (χ1) is 13.4. The molecule has 0 spiro atoms. The molecular weight excluding hydrogens is 358 g/mol. The molecule has 0 radical (unpaired) electrons. The van der Waals surface area contributed by atoms with E-state index >= 15 is 0 Å². The molecule has 1 aliphatic heterocycles. The molecule has 148 valence electrons. The molecule has 1 N–H and O–H groups in total. The number of benzene rings is 2. The molecule has 0 unspecified atom stereocenters. The maximum Gasteiger partial charge on any atom is 0.229 e. The molecular formula is C21H25N3O4. The summed E-state index contributed by atoms with van der Waals surface area (Å²) in [4.78, 5) is 28.8. The highest BCUT2D eigenvalue weighted by Crippen LogP contribution is 2.36. The third-order valence-electron chi connectivity index (χ3n) is 4.82. The summed E-state index contributed by atoms with van der Waals surface area (Å²) in [5, 5.41) is 2.90. The SMILES string of the molecule is COc1ccc(OC)c(N2C[C@H](C(=O)Nc3ccc(N(C)C)cc3)CC2=O)c1. The van der Waals surface area contributed by atoms with Gasteiger partial charge in [0, 0.05) is 44.5 Å². The van der Waals surface area contributed by atoms with Crippen LogP contribution >= 0.6 is 0 Å². The Kier molecular flexibility index (Phi) is 5.73. The first-order valence-corrected chi connectivity index (χ1v) is 9.03. The van der Waals surface area contributed by atoms with E-state index in [9.17, 15) is 9.59 Å². The van der Waals surface area contributed by atoms with E-state index < -0.39 is 5.92 Å². The van der Waals surface area contributed by atoms with Crippen molar-refractivity contribution in [1.82, 2.24) is 0 Å². The quantitative estimate of drug-likeness (QED) is 0.831. The Labute approximate surface area is 164 Å². The van der Waals surface area contributed by atoms with E-state index in [1.54, 1.807) is 37.3 Å². The van der Waals surface area contributed by atoms with E-state index in [1.807, 2.05) is 43.3 Å². The summed E-state index contributed by atoms with van der Waals surface area (Å²) >= 11 is 0.